The number of hydrogen-bond acceptors (Lipinski definition) is 3. The van der Waals surface area contributed by atoms with Gasteiger partial charge in [-0.2, -0.15) is 0 Å². The number of anilines is 1. The molecule has 22 heavy (non-hydrogen) atoms. The van der Waals surface area contributed by atoms with E-state index >= 15 is 0 Å². The molecule has 0 aliphatic carbocycles. The van der Waals surface area contributed by atoms with Crippen LogP contribution < -0.4 is 10.6 Å². The van der Waals surface area contributed by atoms with E-state index in [4.69, 9.17) is 17.3 Å². The number of amides is 1. The number of carboxylic acid groups (broad SMARTS) is 1. The molecular formula is C15H11FN2O3S. The molecule has 112 valence electrons. The average Bonchev–Trinajstić information content (AvgIpc) is 2.47. The highest BCUT2D eigenvalue weighted by atomic mass is 32.1. The summed E-state index contributed by atoms with van der Waals surface area (Å²) in [7, 11) is 0. The minimum atomic E-state index is -1.03. The van der Waals surface area contributed by atoms with E-state index in [1.54, 1.807) is 0 Å². The summed E-state index contributed by atoms with van der Waals surface area (Å²) < 4.78 is 13.0. The van der Waals surface area contributed by atoms with Gasteiger partial charge in [-0.15, -0.1) is 0 Å². The Hall–Kier alpha value is -2.80. The van der Waals surface area contributed by atoms with E-state index in [0.29, 0.717) is 5.69 Å². The highest BCUT2D eigenvalue weighted by Gasteiger charge is 2.09. The van der Waals surface area contributed by atoms with Gasteiger partial charge in [0, 0.05) is 11.3 Å². The normalized spacial score (nSPS) is 9.86. The maximum atomic E-state index is 13.0. The number of rotatable bonds is 3. The van der Waals surface area contributed by atoms with Gasteiger partial charge in [0.2, 0.25) is 0 Å². The maximum absolute atomic E-state index is 13.0. The van der Waals surface area contributed by atoms with Crippen molar-refractivity contribution < 1.29 is 19.1 Å². The van der Waals surface area contributed by atoms with Gasteiger partial charge in [-0.25, -0.2) is 9.18 Å². The quantitative estimate of drug-likeness (QED) is 0.758. The van der Waals surface area contributed by atoms with Crippen LogP contribution in [0.2, 0.25) is 0 Å². The van der Waals surface area contributed by atoms with Crippen molar-refractivity contribution in [3.8, 4) is 0 Å². The van der Waals surface area contributed by atoms with Crippen LogP contribution in [-0.4, -0.2) is 22.1 Å². The van der Waals surface area contributed by atoms with Crippen LogP contribution >= 0.6 is 12.2 Å². The second-order valence-electron chi connectivity index (χ2n) is 4.30. The van der Waals surface area contributed by atoms with E-state index in [0.717, 1.165) is 6.07 Å². The van der Waals surface area contributed by atoms with Gasteiger partial charge in [-0.1, -0.05) is 6.07 Å². The van der Waals surface area contributed by atoms with Crippen molar-refractivity contribution in [3.05, 3.63) is 65.5 Å². The summed E-state index contributed by atoms with van der Waals surface area (Å²) in [6.07, 6.45) is 0. The Morgan fingerprint density at radius 2 is 1.73 bits per heavy atom. The van der Waals surface area contributed by atoms with Gasteiger partial charge < -0.3 is 10.4 Å². The lowest BCUT2D eigenvalue weighted by molar-refractivity contribution is 0.0696. The molecule has 0 heterocycles. The van der Waals surface area contributed by atoms with Crippen molar-refractivity contribution in [2.45, 2.75) is 0 Å². The minimum absolute atomic E-state index is 0.0253. The molecule has 2 aromatic rings. The van der Waals surface area contributed by atoms with Gasteiger partial charge in [-0.05, 0) is 54.7 Å². The number of hydrogen-bond donors (Lipinski definition) is 3. The van der Waals surface area contributed by atoms with Crippen LogP contribution in [0.25, 0.3) is 0 Å². The predicted molar refractivity (Wildman–Crippen MR) is 83.5 cm³/mol. The van der Waals surface area contributed by atoms with E-state index in [1.807, 2.05) is 0 Å². The van der Waals surface area contributed by atoms with Crippen molar-refractivity contribution in [1.82, 2.24) is 5.32 Å². The largest absolute Gasteiger partial charge is 0.478 e. The topological polar surface area (TPSA) is 78.4 Å². The molecule has 0 spiro atoms. The Kier molecular flexibility index (Phi) is 4.80. The molecule has 2 aromatic carbocycles. The zero-order valence-electron chi connectivity index (χ0n) is 11.2. The van der Waals surface area contributed by atoms with Crippen LogP contribution in [0.15, 0.2) is 48.5 Å². The number of nitrogens with one attached hydrogen (secondary N) is 2. The SMILES string of the molecule is O=C(O)c1ccc(NC(=S)NC(=O)c2cccc(F)c2)cc1. The van der Waals surface area contributed by atoms with Crippen molar-refractivity contribution in [2.75, 3.05) is 5.32 Å². The smallest absolute Gasteiger partial charge is 0.335 e. The molecule has 1 amide bonds. The molecule has 5 nitrogen and oxygen atoms in total. The van der Waals surface area contributed by atoms with E-state index in [-0.39, 0.29) is 16.2 Å². The number of carbonyl (C=O) groups is 2. The Labute approximate surface area is 130 Å². The van der Waals surface area contributed by atoms with Crippen LogP contribution in [0.5, 0.6) is 0 Å². The van der Waals surface area contributed by atoms with Gasteiger partial charge in [0.15, 0.2) is 5.11 Å². The Morgan fingerprint density at radius 1 is 1.05 bits per heavy atom. The zero-order valence-corrected chi connectivity index (χ0v) is 12.0. The molecule has 0 saturated heterocycles. The number of benzene rings is 2. The van der Waals surface area contributed by atoms with Crippen LogP contribution in [0.4, 0.5) is 10.1 Å². The lowest BCUT2D eigenvalue weighted by atomic mass is 10.2. The van der Waals surface area contributed by atoms with Crippen molar-refractivity contribution in [3.63, 3.8) is 0 Å². The van der Waals surface area contributed by atoms with Crippen molar-refractivity contribution >= 4 is 34.9 Å². The number of carbonyl (C=O) groups excluding carboxylic acids is 1. The monoisotopic (exact) mass is 318 g/mol. The number of carboxylic acids is 1. The minimum Gasteiger partial charge on any atom is -0.478 e. The first kappa shape index (κ1) is 15.6. The Morgan fingerprint density at radius 3 is 2.32 bits per heavy atom. The molecule has 7 heteroatoms. The first-order valence-corrected chi connectivity index (χ1v) is 6.58. The second kappa shape index (κ2) is 6.77. The molecular weight excluding hydrogens is 307 g/mol. The predicted octanol–water partition coefficient (Wildman–Crippen LogP) is 2.65. The molecule has 0 radical (unpaired) electrons. The summed E-state index contributed by atoms with van der Waals surface area (Å²) in [6, 6.07) is 11.1. The molecule has 0 bridgehead atoms. The fourth-order valence-electron chi connectivity index (χ4n) is 1.66. The molecule has 0 saturated carbocycles. The molecule has 2 rings (SSSR count). The number of thiocarbonyl (C=S) groups is 1. The first-order chi connectivity index (χ1) is 10.5. The van der Waals surface area contributed by atoms with Crippen molar-refractivity contribution in [1.29, 1.82) is 0 Å². The first-order valence-electron chi connectivity index (χ1n) is 6.17. The number of halogens is 1. The summed E-state index contributed by atoms with van der Waals surface area (Å²) in [5, 5.41) is 14.0. The summed E-state index contributed by atoms with van der Waals surface area (Å²) in [5.41, 5.74) is 0.806. The molecule has 0 aliphatic rings. The molecule has 0 aliphatic heterocycles. The molecule has 3 N–H and O–H groups in total. The Balaban J connectivity index is 1.98. The van der Waals surface area contributed by atoms with Crippen LogP contribution in [0.3, 0.4) is 0 Å². The zero-order chi connectivity index (χ0) is 16.1. The summed E-state index contributed by atoms with van der Waals surface area (Å²) in [5.74, 6) is -2.09. The molecule has 0 unspecified atom stereocenters. The standard InChI is InChI=1S/C15H11FN2O3S/c16-11-3-1-2-10(8-11)13(19)18-15(22)17-12-6-4-9(5-7-12)14(20)21/h1-8H,(H,20,21)(H2,17,18,19,22). The van der Waals surface area contributed by atoms with Gasteiger partial charge in [0.05, 0.1) is 5.56 Å². The van der Waals surface area contributed by atoms with Gasteiger partial charge >= 0.3 is 5.97 Å². The van der Waals surface area contributed by atoms with Gasteiger partial charge in [-0.3, -0.25) is 10.1 Å². The maximum Gasteiger partial charge on any atom is 0.335 e. The summed E-state index contributed by atoms with van der Waals surface area (Å²) >= 11 is 4.98. The Bertz CT molecular complexity index is 732. The van der Waals surface area contributed by atoms with E-state index in [1.165, 1.54) is 42.5 Å². The highest BCUT2D eigenvalue weighted by Crippen LogP contribution is 2.09. The lowest BCUT2D eigenvalue weighted by Gasteiger charge is -2.09. The molecule has 0 atom stereocenters. The molecule has 0 fully saturated rings. The van der Waals surface area contributed by atoms with Crippen LogP contribution in [0, 0.1) is 5.82 Å². The van der Waals surface area contributed by atoms with Crippen LogP contribution in [-0.2, 0) is 0 Å². The fraction of sp³-hybridized carbons (Fsp3) is 0. The van der Waals surface area contributed by atoms with Gasteiger partial charge in [0.1, 0.15) is 5.82 Å². The highest BCUT2D eigenvalue weighted by molar-refractivity contribution is 7.80. The fourth-order valence-corrected chi connectivity index (χ4v) is 1.87. The molecule has 0 aromatic heterocycles. The van der Waals surface area contributed by atoms with Gasteiger partial charge in [0.25, 0.3) is 5.91 Å². The van der Waals surface area contributed by atoms with Crippen LogP contribution in [0.1, 0.15) is 20.7 Å². The summed E-state index contributed by atoms with van der Waals surface area (Å²) in [6.45, 7) is 0. The third kappa shape index (κ3) is 4.10. The van der Waals surface area contributed by atoms with E-state index < -0.39 is 17.7 Å². The summed E-state index contributed by atoms with van der Waals surface area (Å²) in [4.78, 5) is 22.6. The van der Waals surface area contributed by atoms with Crippen molar-refractivity contribution in [2.24, 2.45) is 0 Å². The van der Waals surface area contributed by atoms with E-state index in [2.05, 4.69) is 10.6 Å². The number of aromatic carboxylic acids is 1. The average molecular weight is 318 g/mol. The third-order valence-corrected chi connectivity index (χ3v) is 2.91. The van der Waals surface area contributed by atoms with E-state index in [9.17, 15) is 14.0 Å². The second-order valence-corrected chi connectivity index (χ2v) is 4.71. The lowest BCUT2D eigenvalue weighted by Crippen LogP contribution is -2.34. The third-order valence-electron chi connectivity index (χ3n) is 2.70.